The maximum Gasteiger partial charge on any atom is 0.139 e. The lowest BCUT2D eigenvalue weighted by Gasteiger charge is -2.04. The molecule has 0 bridgehead atoms. The van der Waals surface area contributed by atoms with Crippen molar-refractivity contribution in [1.29, 1.82) is 15.9 Å². The number of allylic oxidation sites excluding steroid dienone is 2. The van der Waals surface area contributed by atoms with Crippen LogP contribution in [0.25, 0.3) is 16.3 Å². The number of benzene rings is 2. The van der Waals surface area contributed by atoms with Gasteiger partial charge in [0.15, 0.2) is 0 Å². The van der Waals surface area contributed by atoms with Crippen molar-refractivity contribution in [3.05, 3.63) is 53.1 Å². The highest BCUT2D eigenvalue weighted by atomic mass is 14.5. The minimum absolute atomic E-state index is 0.0269. The Balaban J connectivity index is 2.37. The Kier molecular flexibility index (Phi) is 2.41. The number of fused-ring (bicyclic) bond motifs is 2. The first-order valence-corrected chi connectivity index (χ1v) is 5.89. The van der Waals surface area contributed by atoms with Crippen molar-refractivity contribution < 1.29 is 0 Å². The number of rotatable bonds is 0. The fourth-order valence-electron chi connectivity index (χ4n) is 2.53. The molecule has 0 atom stereocenters. The summed E-state index contributed by atoms with van der Waals surface area (Å²) in [6.07, 6.45) is 0.488. The van der Waals surface area contributed by atoms with Gasteiger partial charge in [0, 0.05) is 17.7 Å². The van der Waals surface area contributed by atoms with E-state index in [9.17, 15) is 0 Å². The summed E-state index contributed by atoms with van der Waals surface area (Å²) >= 11 is 0. The predicted octanol–water partition coefficient (Wildman–Crippen LogP) is 3.22. The number of nitriles is 2. The molecule has 0 aliphatic heterocycles. The van der Waals surface area contributed by atoms with Crippen molar-refractivity contribution in [2.75, 3.05) is 0 Å². The standard InChI is InChI=1S/C16H9N3/c17-8-13(9-18)16-14-6-11-4-2-1-3-10(11)5-12(14)7-15(16)19/h1-6,19H,7H2. The Hall–Kier alpha value is -2.91. The average molecular weight is 243 g/mol. The van der Waals surface area contributed by atoms with Gasteiger partial charge in [-0.1, -0.05) is 30.3 Å². The van der Waals surface area contributed by atoms with Gasteiger partial charge < -0.3 is 5.41 Å². The number of nitrogens with zero attached hydrogens (tertiary/aromatic N) is 2. The van der Waals surface area contributed by atoms with Gasteiger partial charge in [-0.25, -0.2) is 0 Å². The highest BCUT2D eigenvalue weighted by Crippen LogP contribution is 2.34. The van der Waals surface area contributed by atoms with E-state index in [-0.39, 0.29) is 5.57 Å². The fourth-order valence-corrected chi connectivity index (χ4v) is 2.53. The molecule has 3 rings (SSSR count). The van der Waals surface area contributed by atoms with E-state index < -0.39 is 0 Å². The topological polar surface area (TPSA) is 71.4 Å². The van der Waals surface area contributed by atoms with Crippen LogP contribution in [0.4, 0.5) is 0 Å². The highest BCUT2D eigenvalue weighted by molar-refractivity contribution is 6.29. The Labute approximate surface area is 110 Å². The van der Waals surface area contributed by atoms with Crippen LogP contribution in [0.3, 0.4) is 0 Å². The highest BCUT2D eigenvalue weighted by Gasteiger charge is 2.25. The largest absolute Gasteiger partial charge is 0.304 e. The quantitative estimate of drug-likeness (QED) is 0.721. The Bertz CT molecular complexity index is 813. The SMILES string of the molecule is N#CC(C#N)=C1C(=N)Cc2cc3ccccc3cc21. The zero-order valence-corrected chi connectivity index (χ0v) is 10.1. The molecule has 2 aromatic rings. The second-order valence-electron chi connectivity index (χ2n) is 4.49. The first-order chi connectivity index (χ1) is 9.24. The zero-order valence-electron chi connectivity index (χ0n) is 10.1. The first kappa shape index (κ1) is 11.2. The molecule has 1 aliphatic carbocycles. The lowest BCUT2D eigenvalue weighted by atomic mass is 9.98. The summed E-state index contributed by atoms with van der Waals surface area (Å²) in [5.74, 6) is 0. The monoisotopic (exact) mass is 243 g/mol. The molecular weight excluding hydrogens is 234 g/mol. The van der Waals surface area contributed by atoms with Crippen LogP contribution in [0.5, 0.6) is 0 Å². The molecule has 0 spiro atoms. The molecule has 3 heteroatoms. The summed E-state index contributed by atoms with van der Waals surface area (Å²) in [6, 6.07) is 15.7. The van der Waals surface area contributed by atoms with Crippen LogP contribution in [-0.2, 0) is 6.42 Å². The van der Waals surface area contributed by atoms with Gasteiger partial charge in [0.2, 0.25) is 0 Å². The van der Waals surface area contributed by atoms with E-state index >= 15 is 0 Å². The van der Waals surface area contributed by atoms with Gasteiger partial charge in [-0.15, -0.1) is 0 Å². The van der Waals surface area contributed by atoms with Crippen LogP contribution in [-0.4, -0.2) is 5.71 Å². The van der Waals surface area contributed by atoms with Gasteiger partial charge >= 0.3 is 0 Å². The van der Waals surface area contributed by atoms with E-state index in [1.54, 1.807) is 0 Å². The fraction of sp³-hybridized carbons (Fsp3) is 0.0625. The summed E-state index contributed by atoms with van der Waals surface area (Å²) in [6.45, 7) is 0. The van der Waals surface area contributed by atoms with Gasteiger partial charge in [0.1, 0.15) is 17.7 Å². The van der Waals surface area contributed by atoms with Gasteiger partial charge in [-0.3, -0.25) is 0 Å². The van der Waals surface area contributed by atoms with Crippen LogP contribution in [0.2, 0.25) is 0 Å². The third-order valence-electron chi connectivity index (χ3n) is 3.38. The molecule has 3 nitrogen and oxygen atoms in total. The smallest absolute Gasteiger partial charge is 0.139 e. The number of nitrogens with one attached hydrogen (secondary N) is 1. The van der Waals surface area contributed by atoms with Gasteiger partial charge in [-0.2, -0.15) is 10.5 Å². The molecular formula is C16H9N3. The third kappa shape index (κ3) is 1.61. The van der Waals surface area contributed by atoms with Crippen molar-refractivity contribution in [3.63, 3.8) is 0 Å². The van der Waals surface area contributed by atoms with Crippen LogP contribution in [0.15, 0.2) is 42.0 Å². The molecule has 19 heavy (non-hydrogen) atoms. The van der Waals surface area contributed by atoms with Crippen molar-refractivity contribution >= 4 is 22.1 Å². The van der Waals surface area contributed by atoms with E-state index in [2.05, 4.69) is 0 Å². The number of hydrogen-bond acceptors (Lipinski definition) is 3. The normalized spacial score (nSPS) is 12.9. The maximum absolute atomic E-state index is 9.02. The summed E-state index contributed by atoms with van der Waals surface area (Å²) < 4.78 is 0. The molecule has 0 aromatic heterocycles. The molecule has 1 aliphatic rings. The van der Waals surface area contributed by atoms with E-state index in [1.165, 1.54) is 0 Å². The van der Waals surface area contributed by atoms with Crippen LogP contribution < -0.4 is 0 Å². The molecule has 88 valence electrons. The van der Waals surface area contributed by atoms with Gasteiger partial charge in [0.25, 0.3) is 0 Å². The van der Waals surface area contributed by atoms with E-state index in [4.69, 9.17) is 15.9 Å². The van der Waals surface area contributed by atoms with Crippen molar-refractivity contribution in [2.24, 2.45) is 0 Å². The van der Waals surface area contributed by atoms with Crippen molar-refractivity contribution in [2.45, 2.75) is 6.42 Å². The first-order valence-electron chi connectivity index (χ1n) is 5.89. The molecule has 2 aromatic carbocycles. The molecule has 0 amide bonds. The van der Waals surface area contributed by atoms with Crippen LogP contribution >= 0.6 is 0 Å². The summed E-state index contributed by atoms with van der Waals surface area (Å²) in [5, 5.41) is 28.2. The van der Waals surface area contributed by atoms with Gasteiger partial charge in [0.05, 0.1) is 0 Å². The minimum atomic E-state index is 0.0269. The maximum atomic E-state index is 9.02. The molecule has 0 radical (unpaired) electrons. The number of hydrogen-bond donors (Lipinski definition) is 1. The van der Waals surface area contributed by atoms with E-state index in [1.807, 2.05) is 48.5 Å². The molecule has 1 N–H and O–H groups in total. The summed E-state index contributed by atoms with van der Waals surface area (Å²) in [5.41, 5.74) is 2.73. The minimum Gasteiger partial charge on any atom is -0.304 e. The lowest BCUT2D eigenvalue weighted by molar-refractivity contribution is 1.35. The molecule has 0 heterocycles. The van der Waals surface area contributed by atoms with Crippen LogP contribution in [0, 0.1) is 28.1 Å². The third-order valence-corrected chi connectivity index (χ3v) is 3.38. The summed E-state index contributed by atoms with van der Waals surface area (Å²) in [7, 11) is 0. The molecule has 0 unspecified atom stereocenters. The molecule has 0 saturated carbocycles. The average Bonchev–Trinajstić information content (AvgIpc) is 2.74. The zero-order chi connectivity index (χ0) is 13.4. The Morgan fingerprint density at radius 3 is 2.32 bits per heavy atom. The molecule has 0 saturated heterocycles. The molecule has 0 fully saturated rings. The van der Waals surface area contributed by atoms with E-state index in [0.29, 0.717) is 17.7 Å². The Morgan fingerprint density at radius 1 is 1.05 bits per heavy atom. The Morgan fingerprint density at radius 2 is 1.68 bits per heavy atom. The summed E-state index contributed by atoms with van der Waals surface area (Å²) in [4.78, 5) is 0. The second kappa shape index (κ2) is 4.08. The van der Waals surface area contributed by atoms with Crippen LogP contribution in [0.1, 0.15) is 11.1 Å². The van der Waals surface area contributed by atoms with Crippen molar-refractivity contribution in [1.82, 2.24) is 0 Å². The van der Waals surface area contributed by atoms with E-state index in [0.717, 1.165) is 21.9 Å². The van der Waals surface area contributed by atoms with Crippen molar-refractivity contribution in [3.8, 4) is 12.1 Å². The lowest BCUT2D eigenvalue weighted by Crippen LogP contribution is -1.95. The van der Waals surface area contributed by atoms with Gasteiger partial charge in [-0.05, 0) is 28.0 Å². The predicted molar refractivity (Wildman–Crippen MR) is 73.5 cm³/mol. The second-order valence-corrected chi connectivity index (χ2v) is 4.49.